The van der Waals surface area contributed by atoms with Crippen LogP contribution in [0.15, 0.2) is 22.9 Å². The Morgan fingerprint density at radius 1 is 1.36 bits per heavy atom. The average Bonchev–Trinajstić information content (AvgIpc) is 3.08. The van der Waals surface area contributed by atoms with Crippen LogP contribution in [0, 0.1) is 0 Å². The van der Waals surface area contributed by atoms with Gasteiger partial charge in [-0.15, -0.1) is 11.3 Å². The number of nitrogens with zero attached hydrogens (tertiary/aromatic N) is 2. The fraction of sp³-hybridized carbons (Fsp3) is 0.385. The van der Waals surface area contributed by atoms with Crippen molar-refractivity contribution in [2.75, 3.05) is 29.5 Å². The summed E-state index contributed by atoms with van der Waals surface area (Å²) in [6, 6.07) is 3.62. The number of rotatable bonds is 3. The predicted octanol–water partition coefficient (Wildman–Crippen LogP) is 1.88. The molecule has 3 heterocycles. The van der Waals surface area contributed by atoms with Crippen molar-refractivity contribution in [3.63, 3.8) is 0 Å². The van der Waals surface area contributed by atoms with Crippen molar-refractivity contribution < 1.29 is 22.6 Å². The monoisotopic (exact) mass is 346 g/mol. The summed E-state index contributed by atoms with van der Waals surface area (Å²) >= 11 is 1.39. The molecular formula is C13H12F2N2O3S2. The van der Waals surface area contributed by atoms with Crippen LogP contribution in [0.25, 0.3) is 6.08 Å². The van der Waals surface area contributed by atoms with Crippen LogP contribution in [0.5, 0.6) is 0 Å². The van der Waals surface area contributed by atoms with E-state index < -0.39 is 28.9 Å². The molecule has 0 bridgehead atoms. The van der Waals surface area contributed by atoms with Crippen LogP contribution >= 0.6 is 11.3 Å². The van der Waals surface area contributed by atoms with Crippen LogP contribution in [-0.4, -0.2) is 46.9 Å². The molecule has 0 unspecified atom stereocenters. The lowest BCUT2D eigenvalue weighted by Gasteiger charge is -2.26. The molecule has 1 aromatic rings. The first kappa shape index (κ1) is 15.3. The van der Waals surface area contributed by atoms with Gasteiger partial charge in [-0.05, 0) is 18.2 Å². The number of hydrogen-bond acceptors (Lipinski definition) is 6. The molecule has 1 fully saturated rings. The highest BCUT2D eigenvalue weighted by molar-refractivity contribution is 7.85. The lowest BCUT2D eigenvalue weighted by molar-refractivity contribution is -0.136. The molecule has 0 radical (unpaired) electrons. The molecule has 9 heteroatoms. The summed E-state index contributed by atoms with van der Waals surface area (Å²) in [5.41, 5.74) is -0.837. The fourth-order valence-corrected chi connectivity index (χ4v) is 4.23. The molecule has 0 spiro atoms. The molecule has 0 N–H and O–H groups in total. The maximum atomic E-state index is 12.8. The number of alkyl halides is 2. The average molecular weight is 346 g/mol. The highest BCUT2D eigenvalue weighted by Gasteiger charge is 2.32. The maximum Gasteiger partial charge on any atom is 0.367 e. The van der Waals surface area contributed by atoms with Gasteiger partial charge in [0.1, 0.15) is 0 Å². The zero-order chi connectivity index (χ0) is 15.7. The van der Waals surface area contributed by atoms with E-state index in [2.05, 4.69) is 14.9 Å². The Balaban J connectivity index is 1.79. The van der Waals surface area contributed by atoms with Crippen LogP contribution in [0.1, 0.15) is 4.88 Å². The van der Waals surface area contributed by atoms with Gasteiger partial charge < -0.3 is 9.74 Å². The van der Waals surface area contributed by atoms with Gasteiger partial charge in [-0.25, -0.2) is 13.6 Å². The normalized spacial score (nSPS) is 21.6. The Kier molecular flexibility index (Phi) is 4.34. The van der Waals surface area contributed by atoms with Gasteiger partial charge in [-0.2, -0.15) is 0 Å². The van der Waals surface area contributed by atoms with Crippen LogP contribution in [0.4, 0.5) is 13.8 Å². The molecular weight excluding hydrogens is 334 g/mol. The molecule has 0 saturated carbocycles. The summed E-state index contributed by atoms with van der Waals surface area (Å²) in [7, 11) is -0.756. The van der Waals surface area contributed by atoms with Gasteiger partial charge in [0.25, 0.3) is 6.43 Å². The Labute approximate surface area is 131 Å². The number of carbonyl (C=O) groups excluding carboxylic acids is 1. The van der Waals surface area contributed by atoms with Gasteiger partial charge in [0.2, 0.25) is 0 Å². The summed E-state index contributed by atoms with van der Waals surface area (Å²) in [5.74, 6) is 0.393. The number of oxime groups is 1. The maximum absolute atomic E-state index is 12.8. The van der Waals surface area contributed by atoms with Crippen molar-refractivity contribution in [1.82, 2.24) is 0 Å². The minimum absolute atomic E-state index is 0.205. The molecule has 118 valence electrons. The van der Waals surface area contributed by atoms with E-state index >= 15 is 0 Å². The van der Waals surface area contributed by atoms with Crippen LogP contribution in [-0.2, 0) is 20.4 Å². The molecule has 1 saturated heterocycles. The van der Waals surface area contributed by atoms with Gasteiger partial charge in [0.05, 0.1) is 10.6 Å². The van der Waals surface area contributed by atoms with E-state index in [-0.39, 0.29) is 5.57 Å². The Morgan fingerprint density at radius 2 is 2.09 bits per heavy atom. The van der Waals surface area contributed by atoms with E-state index in [1.165, 1.54) is 17.4 Å². The van der Waals surface area contributed by atoms with Crippen LogP contribution < -0.4 is 4.90 Å². The van der Waals surface area contributed by atoms with E-state index in [1.807, 2.05) is 6.07 Å². The molecule has 5 nitrogen and oxygen atoms in total. The van der Waals surface area contributed by atoms with Gasteiger partial charge >= 0.3 is 5.97 Å². The van der Waals surface area contributed by atoms with Gasteiger partial charge in [0, 0.05) is 40.3 Å². The molecule has 0 atom stereocenters. The molecule has 1 aromatic heterocycles. The lowest BCUT2D eigenvalue weighted by atomic mass is 10.1. The van der Waals surface area contributed by atoms with Gasteiger partial charge in [-0.3, -0.25) is 4.21 Å². The minimum Gasteiger partial charge on any atom is -0.362 e. The van der Waals surface area contributed by atoms with E-state index in [9.17, 15) is 17.8 Å². The SMILES string of the molecule is O=C1ON=C(C(F)F)/C1=C/c1ccc(N2CCS(=O)CC2)s1. The lowest BCUT2D eigenvalue weighted by Crippen LogP contribution is -2.37. The molecule has 2 aliphatic rings. The standard InChI is InChI=1S/C13H12F2N2O3S2/c14-12(15)11-9(13(18)20-16-11)7-8-1-2-10(21-8)17-3-5-22(19)6-4-17/h1-2,7,12H,3-6H2/b9-7-. The third kappa shape index (κ3) is 3.09. The quantitative estimate of drug-likeness (QED) is 0.619. The van der Waals surface area contributed by atoms with Gasteiger partial charge in [-0.1, -0.05) is 5.16 Å². The second-order valence-electron chi connectivity index (χ2n) is 4.73. The highest BCUT2D eigenvalue weighted by atomic mass is 32.2. The first-order valence-corrected chi connectivity index (χ1v) is 8.84. The van der Waals surface area contributed by atoms with E-state index in [0.29, 0.717) is 29.5 Å². The Bertz CT molecular complexity index is 675. The van der Waals surface area contributed by atoms with Crippen molar-refractivity contribution in [1.29, 1.82) is 0 Å². The summed E-state index contributed by atoms with van der Waals surface area (Å²) < 4.78 is 36.9. The van der Waals surface area contributed by atoms with Crippen molar-refractivity contribution in [3.05, 3.63) is 22.6 Å². The second kappa shape index (κ2) is 6.25. The largest absolute Gasteiger partial charge is 0.367 e. The van der Waals surface area contributed by atoms with Gasteiger partial charge in [0.15, 0.2) is 5.71 Å². The highest BCUT2D eigenvalue weighted by Crippen LogP contribution is 2.30. The topological polar surface area (TPSA) is 59.0 Å². The van der Waals surface area contributed by atoms with E-state index in [1.54, 1.807) is 6.07 Å². The molecule has 0 aromatic carbocycles. The summed E-state index contributed by atoms with van der Waals surface area (Å²) in [4.78, 5) is 18.5. The number of anilines is 1. The summed E-state index contributed by atoms with van der Waals surface area (Å²) in [6.45, 7) is 1.41. The third-order valence-corrected chi connectivity index (χ3v) is 5.69. The molecule has 0 aliphatic carbocycles. The summed E-state index contributed by atoms with van der Waals surface area (Å²) in [6.07, 6.45) is -1.48. The van der Waals surface area contributed by atoms with Crippen molar-refractivity contribution in [3.8, 4) is 0 Å². The Morgan fingerprint density at radius 3 is 2.77 bits per heavy atom. The number of thiophene rings is 1. The number of hydrogen-bond donors (Lipinski definition) is 0. The molecule has 3 rings (SSSR count). The third-order valence-electron chi connectivity index (χ3n) is 3.32. The first-order chi connectivity index (χ1) is 10.5. The van der Waals surface area contributed by atoms with E-state index in [4.69, 9.17) is 0 Å². The molecule has 22 heavy (non-hydrogen) atoms. The summed E-state index contributed by atoms with van der Waals surface area (Å²) in [5, 5.41) is 4.07. The number of carbonyl (C=O) groups is 1. The fourth-order valence-electron chi connectivity index (χ4n) is 2.17. The minimum atomic E-state index is -2.85. The van der Waals surface area contributed by atoms with E-state index in [0.717, 1.165) is 5.00 Å². The molecule has 0 amide bonds. The van der Waals surface area contributed by atoms with Crippen molar-refractivity contribution in [2.24, 2.45) is 5.16 Å². The van der Waals surface area contributed by atoms with Crippen LogP contribution in [0.2, 0.25) is 0 Å². The zero-order valence-electron chi connectivity index (χ0n) is 11.3. The zero-order valence-corrected chi connectivity index (χ0v) is 13.0. The number of halogens is 2. The smallest absolute Gasteiger partial charge is 0.362 e. The Hall–Kier alpha value is -1.61. The molecule has 2 aliphatic heterocycles. The second-order valence-corrected chi connectivity index (χ2v) is 7.52. The predicted molar refractivity (Wildman–Crippen MR) is 81.9 cm³/mol. The van der Waals surface area contributed by atoms with Crippen molar-refractivity contribution >= 4 is 44.9 Å². The van der Waals surface area contributed by atoms with Crippen molar-refractivity contribution in [2.45, 2.75) is 6.43 Å². The first-order valence-electron chi connectivity index (χ1n) is 6.54. The van der Waals surface area contributed by atoms with Crippen LogP contribution in [0.3, 0.4) is 0 Å².